The number of likely N-dealkylation sites (tertiary alicyclic amines) is 1. The van der Waals surface area contributed by atoms with E-state index >= 15 is 0 Å². The van der Waals surface area contributed by atoms with Crippen LogP contribution in [-0.4, -0.2) is 60.0 Å². The third-order valence-corrected chi connectivity index (χ3v) is 4.35. The molecule has 0 aliphatic carbocycles. The fourth-order valence-corrected chi connectivity index (χ4v) is 2.71. The van der Waals surface area contributed by atoms with Gasteiger partial charge in [-0.2, -0.15) is 0 Å². The molecular formula is C15H14B4N2O3. The topological polar surface area (TPSA) is 66.5 Å². The minimum atomic E-state index is -0.891. The molecule has 5 nitrogen and oxygen atoms in total. The first-order valence-electron chi connectivity index (χ1n) is 7.50. The first kappa shape index (κ1) is 18.4. The van der Waals surface area contributed by atoms with E-state index in [1.807, 2.05) is 0 Å². The van der Waals surface area contributed by atoms with E-state index in [0.29, 0.717) is 16.6 Å². The van der Waals surface area contributed by atoms with Crippen LogP contribution in [0, 0.1) is 6.92 Å². The van der Waals surface area contributed by atoms with E-state index < -0.39 is 11.9 Å². The largest absolute Gasteiger partial charge is 0.350 e. The molecule has 9 heteroatoms. The Labute approximate surface area is 146 Å². The van der Waals surface area contributed by atoms with Crippen molar-refractivity contribution in [1.29, 1.82) is 0 Å². The molecule has 1 fully saturated rings. The highest BCUT2D eigenvalue weighted by Gasteiger charge is 2.36. The van der Waals surface area contributed by atoms with Gasteiger partial charge >= 0.3 is 0 Å². The van der Waals surface area contributed by atoms with E-state index in [4.69, 9.17) is 31.4 Å². The lowest BCUT2D eigenvalue weighted by molar-refractivity contribution is -0.146. The van der Waals surface area contributed by atoms with Gasteiger partial charge in [-0.3, -0.25) is 19.3 Å². The molecule has 3 amide bonds. The highest BCUT2D eigenvalue weighted by molar-refractivity contribution is 6.63. The van der Waals surface area contributed by atoms with Crippen molar-refractivity contribution in [3.63, 3.8) is 0 Å². The van der Waals surface area contributed by atoms with E-state index in [1.165, 1.54) is 6.92 Å². The quantitative estimate of drug-likeness (QED) is 0.460. The number of benzene rings is 1. The maximum absolute atomic E-state index is 12.3. The van der Waals surface area contributed by atoms with E-state index in [1.54, 1.807) is 6.92 Å². The highest BCUT2D eigenvalue weighted by Crippen LogP contribution is 2.15. The van der Waals surface area contributed by atoms with Gasteiger partial charge < -0.3 is 5.32 Å². The van der Waals surface area contributed by atoms with Crippen LogP contribution in [0.15, 0.2) is 0 Å². The van der Waals surface area contributed by atoms with Gasteiger partial charge in [0.2, 0.25) is 17.7 Å². The van der Waals surface area contributed by atoms with Gasteiger partial charge in [0.15, 0.2) is 0 Å². The molecule has 1 aromatic rings. The lowest BCUT2D eigenvalue weighted by Gasteiger charge is -2.24. The van der Waals surface area contributed by atoms with Crippen LogP contribution in [0.2, 0.25) is 0 Å². The lowest BCUT2D eigenvalue weighted by Crippen LogP contribution is -2.52. The summed E-state index contributed by atoms with van der Waals surface area (Å²) < 4.78 is 0. The highest BCUT2D eigenvalue weighted by atomic mass is 16.2. The van der Waals surface area contributed by atoms with Crippen LogP contribution in [-0.2, 0) is 20.9 Å². The Balaban J connectivity index is 2.15. The van der Waals surface area contributed by atoms with Crippen molar-refractivity contribution >= 4 is 71.0 Å². The lowest BCUT2D eigenvalue weighted by atomic mass is 9.63. The van der Waals surface area contributed by atoms with Gasteiger partial charge in [-0.05, 0) is 19.4 Å². The molecular weight excluding hydrogens is 299 g/mol. The van der Waals surface area contributed by atoms with E-state index in [-0.39, 0.29) is 47.6 Å². The first-order valence-corrected chi connectivity index (χ1v) is 7.50. The predicted octanol–water partition coefficient (Wildman–Crippen LogP) is -3.68. The van der Waals surface area contributed by atoms with Crippen LogP contribution in [0.5, 0.6) is 0 Å². The molecule has 0 saturated carbocycles. The summed E-state index contributed by atoms with van der Waals surface area (Å²) in [5.41, 5.74) is 2.12. The van der Waals surface area contributed by atoms with Crippen molar-refractivity contribution in [2.24, 2.45) is 0 Å². The summed E-state index contributed by atoms with van der Waals surface area (Å²) in [6, 6.07) is -0.891. The summed E-state index contributed by atoms with van der Waals surface area (Å²) in [6.07, 6.45) is 0.265. The van der Waals surface area contributed by atoms with Gasteiger partial charge in [0.05, 0.1) is 0 Å². The molecule has 1 aliphatic heterocycles. The van der Waals surface area contributed by atoms with Crippen molar-refractivity contribution in [3.05, 3.63) is 11.1 Å². The molecule has 1 atom stereocenters. The van der Waals surface area contributed by atoms with Crippen molar-refractivity contribution in [2.45, 2.75) is 39.3 Å². The third-order valence-electron chi connectivity index (χ3n) is 4.35. The van der Waals surface area contributed by atoms with Gasteiger partial charge in [-0.1, -0.05) is 11.0 Å². The molecule has 0 aromatic heterocycles. The van der Waals surface area contributed by atoms with Crippen molar-refractivity contribution in [1.82, 2.24) is 10.2 Å². The Kier molecular flexibility index (Phi) is 5.31. The van der Waals surface area contributed by atoms with Gasteiger partial charge in [0.1, 0.15) is 37.4 Å². The van der Waals surface area contributed by atoms with Crippen molar-refractivity contribution < 1.29 is 14.4 Å². The van der Waals surface area contributed by atoms with Gasteiger partial charge in [0, 0.05) is 19.4 Å². The van der Waals surface area contributed by atoms with E-state index in [0.717, 1.165) is 4.90 Å². The molecule has 1 heterocycles. The van der Waals surface area contributed by atoms with Crippen LogP contribution in [0.25, 0.3) is 0 Å². The fourth-order valence-electron chi connectivity index (χ4n) is 2.71. The Morgan fingerprint density at radius 3 is 2.08 bits per heavy atom. The zero-order valence-corrected chi connectivity index (χ0v) is 13.7. The second kappa shape index (κ2) is 6.91. The molecule has 1 saturated heterocycles. The molecule has 0 spiro atoms. The molecule has 24 heavy (non-hydrogen) atoms. The number of nitrogens with one attached hydrogen (secondary N) is 1. The van der Waals surface area contributed by atoms with Crippen LogP contribution in [0.3, 0.4) is 0 Å². The normalized spacial score (nSPS) is 15.7. The number of carbonyl (C=O) groups is 3. The van der Waals surface area contributed by atoms with Gasteiger partial charge in [-0.25, -0.2) is 0 Å². The summed E-state index contributed by atoms with van der Waals surface area (Å²) in [7, 11) is 23.4. The first-order chi connectivity index (χ1) is 11.2. The number of imide groups is 1. The number of rotatable bonds is 4. The Hall–Kier alpha value is -1.91. The molecule has 114 valence electrons. The van der Waals surface area contributed by atoms with Crippen molar-refractivity contribution in [2.75, 3.05) is 0 Å². The maximum Gasteiger partial charge on any atom is 0.243 e. The second-order valence-corrected chi connectivity index (χ2v) is 5.81. The summed E-state index contributed by atoms with van der Waals surface area (Å²) in [5.74, 6) is -1.16. The van der Waals surface area contributed by atoms with Crippen LogP contribution >= 0.6 is 0 Å². The molecule has 1 aromatic carbocycles. The zero-order valence-electron chi connectivity index (χ0n) is 13.7. The summed E-state index contributed by atoms with van der Waals surface area (Å²) >= 11 is 0. The number of hydrogen-bond donors (Lipinski definition) is 1. The Morgan fingerprint density at radius 1 is 1.04 bits per heavy atom. The molecule has 1 aliphatic rings. The SMILES string of the molecule is [B]c1c([B])c([B])c(CNC(=O)C(C)N2C(=O)CCC2=O)c(C)c1[B]. The minimum Gasteiger partial charge on any atom is -0.350 e. The average Bonchev–Trinajstić information content (AvgIpc) is 2.88. The summed E-state index contributed by atoms with van der Waals surface area (Å²) in [5, 5.41) is 2.66. The smallest absolute Gasteiger partial charge is 0.243 e. The molecule has 1 unspecified atom stereocenters. The Morgan fingerprint density at radius 2 is 1.54 bits per heavy atom. The number of carbonyl (C=O) groups excluding carboxylic acids is 3. The number of hydrogen-bond acceptors (Lipinski definition) is 3. The summed E-state index contributed by atoms with van der Waals surface area (Å²) in [6.45, 7) is 3.28. The number of nitrogens with zero attached hydrogens (tertiary/aromatic N) is 1. The Bertz CT molecular complexity index is 691. The van der Waals surface area contributed by atoms with Crippen LogP contribution in [0.4, 0.5) is 0 Å². The minimum absolute atomic E-state index is 0.0613. The van der Waals surface area contributed by atoms with E-state index in [9.17, 15) is 14.4 Å². The monoisotopic (exact) mass is 314 g/mol. The molecule has 0 bridgehead atoms. The van der Waals surface area contributed by atoms with Gasteiger partial charge in [0.25, 0.3) is 0 Å². The molecule has 2 rings (SSSR count). The molecule has 8 radical (unpaired) electrons. The van der Waals surface area contributed by atoms with Gasteiger partial charge in [-0.15, -0.1) is 16.4 Å². The maximum atomic E-state index is 12.3. The number of amides is 3. The zero-order chi connectivity index (χ0) is 18.2. The van der Waals surface area contributed by atoms with E-state index in [2.05, 4.69) is 5.32 Å². The van der Waals surface area contributed by atoms with Crippen molar-refractivity contribution in [3.8, 4) is 0 Å². The molecule has 1 N–H and O–H groups in total. The summed E-state index contributed by atoms with van der Waals surface area (Å²) in [4.78, 5) is 36.6. The van der Waals surface area contributed by atoms with Crippen LogP contribution < -0.4 is 27.2 Å². The average molecular weight is 314 g/mol. The standard InChI is InChI=1S/C15H14B4N2O3/c1-6-8(12(17)14(19)13(18)11(6)16)5-20-15(24)7(2)21-9(22)3-4-10(21)23/h7H,3-5H2,1-2H3,(H,20,24). The fraction of sp³-hybridized carbons (Fsp3) is 0.400. The second-order valence-electron chi connectivity index (χ2n) is 5.81. The third kappa shape index (κ3) is 3.17. The predicted molar refractivity (Wildman–Crippen MR) is 95.1 cm³/mol. The van der Waals surface area contributed by atoms with Crippen LogP contribution in [0.1, 0.15) is 30.9 Å².